The van der Waals surface area contributed by atoms with Gasteiger partial charge in [-0.1, -0.05) is 5.16 Å². The van der Waals surface area contributed by atoms with E-state index in [-0.39, 0.29) is 12.8 Å². The van der Waals surface area contributed by atoms with E-state index >= 15 is 0 Å². The minimum Gasteiger partial charge on any atom is -0.460 e. The smallest absolute Gasteiger partial charge is 0.354 e. The number of ether oxygens (including phenoxy) is 2. The van der Waals surface area contributed by atoms with Crippen molar-refractivity contribution < 1.29 is 23.9 Å². The highest BCUT2D eigenvalue weighted by atomic mass is 16.7. The van der Waals surface area contributed by atoms with Crippen molar-refractivity contribution in [3.63, 3.8) is 0 Å². The Morgan fingerprint density at radius 1 is 1.15 bits per heavy atom. The van der Waals surface area contributed by atoms with Crippen LogP contribution in [0.1, 0.15) is 54.4 Å². The molecule has 0 N–H and O–H groups in total. The zero-order valence-corrected chi connectivity index (χ0v) is 13.0. The molecule has 20 heavy (non-hydrogen) atoms. The Morgan fingerprint density at radius 3 is 2.10 bits per heavy atom. The van der Waals surface area contributed by atoms with Crippen molar-refractivity contribution in [2.45, 2.75) is 71.2 Å². The third-order valence-corrected chi connectivity index (χ3v) is 2.34. The lowest BCUT2D eigenvalue weighted by atomic mass is 9.96. The van der Waals surface area contributed by atoms with Gasteiger partial charge in [0.1, 0.15) is 11.2 Å². The molecule has 6 nitrogen and oxygen atoms in total. The Labute approximate surface area is 119 Å². The summed E-state index contributed by atoms with van der Waals surface area (Å²) in [6, 6.07) is 0. The van der Waals surface area contributed by atoms with Crippen LogP contribution in [-0.4, -0.2) is 35.0 Å². The fourth-order valence-electron chi connectivity index (χ4n) is 1.64. The minimum absolute atomic E-state index is 0.196. The molecule has 0 aromatic carbocycles. The van der Waals surface area contributed by atoms with Gasteiger partial charge in [0.15, 0.2) is 0 Å². The van der Waals surface area contributed by atoms with E-state index in [1.54, 1.807) is 41.5 Å². The predicted octanol–water partition coefficient (Wildman–Crippen LogP) is 2.20. The van der Waals surface area contributed by atoms with E-state index in [1.165, 1.54) is 6.21 Å². The Bertz CT molecular complexity index is 406. The molecular formula is C14H23NO5. The number of carbonyl (C=O) groups excluding carboxylic acids is 2. The average molecular weight is 285 g/mol. The molecule has 0 amide bonds. The van der Waals surface area contributed by atoms with Crippen molar-refractivity contribution in [2.75, 3.05) is 0 Å². The van der Waals surface area contributed by atoms with Crippen molar-refractivity contribution in [1.29, 1.82) is 0 Å². The fraction of sp³-hybridized carbons (Fsp3) is 0.786. The molecule has 6 heteroatoms. The minimum atomic E-state index is -1.41. The second-order valence-corrected chi connectivity index (χ2v) is 6.84. The number of hydrogen-bond acceptors (Lipinski definition) is 6. The topological polar surface area (TPSA) is 74.2 Å². The van der Waals surface area contributed by atoms with Gasteiger partial charge in [-0.25, -0.2) is 4.79 Å². The van der Waals surface area contributed by atoms with Gasteiger partial charge in [-0.05, 0) is 41.5 Å². The highest BCUT2D eigenvalue weighted by Crippen LogP contribution is 2.29. The molecule has 1 unspecified atom stereocenters. The fourth-order valence-corrected chi connectivity index (χ4v) is 1.64. The van der Waals surface area contributed by atoms with E-state index in [4.69, 9.17) is 14.3 Å². The van der Waals surface area contributed by atoms with Crippen molar-refractivity contribution >= 4 is 18.2 Å². The third-order valence-electron chi connectivity index (χ3n) is 2.34. The second-order valence-electron chi connectivity index (χ2n) is 6.84. The summed E-state index contributed by atoms with van der Waals surface area (Å²) in [5, 5.41) is 3.60. The van der Waals surface area contributed by atoms with Crippen LogP contribution < -0.4 is 0 Å². The van der Waals surface area contributed by atoms with Crippen molar-refractivity contribution in [1.82, 2.24) is 0 Å². The summed E-state index contributed by atoms with van der Waals surface area (Å²) in [7, 11) is 0. The molecule has 0 saturated heterocycles. The number of carbonyl (C=O) groups is 2. The molecule has 0 aliphatic carbocycles. The van der Waals surface area contributed by atoms with Crippen LogP contribution in [0.25, 0.3) is 0 Å². The summed E-state index contributed by atoms with van der Waals surface area (Å²) < 4.78 is 10.5. The molecule has 0 bridgehead atoms. The number of esters is 2. The molecule has 0 aromatic rings. The summed E-state index contributed by atoms with van der Waals surface area (Å²) in [5.74, 6) is -1.12. The summed E-state index contributed by atoms with van der Waals surface area (Å²) in [6.45, 7) is 10.5. The van der Waals surface area contributed by atoms with Crippen LogP contribution >= 0.6 is 0 Å². The number of nitrogens with zero attached hydrogens (tertiary/aromatic N) is 1. The Morgan fingerprint density at radius 2 is 1.70 bits per heavy atom. The highest BCUT2D eigenvalue weighted by molar-refractivity contribution is 5.90. The van der Waals surface area contributed by atoms with E-state index in [1.807, 2.05) is 0 Å². The van der Waals surface area contributed by atoms with Gasteiger partial charge in [-0.3, -0.25) is 4.79 Å². The van der Waals surface area contributed by atoms with Gasteiger partial charge in [-0.15, -0.1) is 0 Å². The molecule has 0 fully saturated rings. The van der Waals surface area contributed by atoms with Crippen LogP contribution in [0.3, 0.4) is 0 Å². The van der Waals surface area contributed by atoms with Gasteiger partial charge >= 0.3 is 11.9 Å². The van der Waals surface area contributed by atoms with Crippen molar-refractivity contribution in [3.05, 3.63) is 0 Å². The SMILES string of the molecule is CC(C)(C)OC(=O)CC1(C(=O)OC(C)(C)C)CC=NO1. The van der Waals surface area contributed by atoms with Gasteiger partial charge < -0.3 is 14.3 Å². The molecule has 0 saturated carbocycles. The van der Waals surface area contributed by atoms with Crippen LogP contribution in [0, 0.1) is 0 Å². The van der Waals surface area contributed by atoms with Crippen molar-refractivity contribution in [2.24, 2.45) is 5.16 Å². The zero-order chi connectivity index (χ0) is 15.6. The second kappa shape index (κ2) is 5.42. The van der Waals surface area contributed by atoms with Crippen LogP contribution in [0.2, 0.25) is 0 Å². The first kappa shape index (κ1) is 16.5. The van der Waals surface area contributed by atoms with E-state index in [9.17, 15) is 9.59 Å². The first-order valence-electron chi connectivity index (χ1n) is 6.59. The summed E-state index contributed by atoms with van der Waals surface area (Å²) >= 11 is 0. The quantitative estimate of drug-likeness (QED) is 0.743. The van der Waals surface area contributed by atoms with E-state index in [0.29, 0.717) is 0 Å². The normalized spacial score (nSPS) is 22.3. The first-order chi connectivity index (χ1) is 8.94. The lowest BCUT2D eigenvalue weighted by molar-refractivity contribution is -0.188. The van der Waals surface area contributed by atoms with Crippen LogP contribution in [0.4, 0.5) is 0 Å². The molecule has 0 aromatic heterocycles. The summed E-state index contributed by atoms with van der Waals surface area (Å²) in [4.78, 5) is 29.3. The lowest BCUT2D eigenvalue weighted by Gasteiger charge is -2.29. The number of hydrogen-bond donors (Lipinski definition) is 0. The maximum atomic E-state index is 12.2. The summed E-state index contributed by atoms with van der Waals surface area (Å²) in [5.41, 5.74) is -2.69. The van der Waals surface area contributed by atoms with Gasteiger partial charge in [-0.2, -0.15) is 0 Å². The van der Waals surface area contributed by atoms with E-state index in [0.717, 1.165) is 0 Å². The Kier molecular flexibility index (Phi) is 4.46. The summed E-state index contributed by atoms with van der Waals surface area (Å²) in [6.07, 6.45) is 1.43. The molecule has 1 heterocycles. The van der Waals surface area contributed by atoms with Crippen LogP contribution in [-0.2, 0) is 23.9 Å². The van der Waals surface area contributed by atoms with Gasteiger partial charge in [0.2, 0.25) is 5.60 Å². The molecular weight excluding hydrogens is 262 g/mol. The van der Waals surface area contributed by atoms with Gasteiger partial charge in [0, 0.05) is 12.6 Å². The zero-order valence-electron chi connectivity index (χ0n) is 13.0. The van der Waals surface area contributed by atoms with E-state index in [2.05, 4.69) is 5.16 Å². The average Bonchev–Trinajstić information content (AvgIpc) is 2.61. The van der Waals surface area contributed by atoms with Crippen LogP contribution in [0.5, 0.6) is 0 Å². The third kappa shape index (κ3) is 4.83. The monoisotopic (exact) mass is 285 g/mol. The lowest BCUT2D eigenvalue weighted by Crippen LogP contribution is -2.45. The molecule has 1 aliphatic rings. The largest absolute Gasteiger partial charge is 0.460 e. The molecule has 114 valence electrons. The molecule has 1 atom stereocenters. The number of rotatable bonds is 3. The maximum absolute atomic E-state index is 12.2. The Balaban J connectivity index is 2.78. The highest BCUT2D eigenvalue weighted by Gasteiger charge is 2.49. The first-order valence-corrected chi connectivity index (χ1v) is 6.59. The number of oxime groups is 1. The molecule has 0 spiro atoms. The molecule has 1 aliphatic heterocycles. The van der Waals surface area contributed by atoms with Gasteiger partial charge in [0.05, 0.1) is 6.42 Å². The maximum Gasteiger partial charge on any atom is 0.354 e. The Hall–Kier alpha value is -1.59. The van der Waals surface area contributed by atoms with E-state index < -0.39 is 28.7 Å². The van der Waals surface area contributed by atoms with Gasteiger partial charge in [0.25, 0.3) is 0 Å². The predicted molar refractivity (Wildman–Crippen MR) is 73.2 cm³/mol. The standard InChI is InChI=1S/C14H23NO5/c1-12(2,3)18-10(16)9-14(7-8-15-20-14)11(17)19-13(4,5)6/h8H,7,9H2,1-6H3. The molecule has 1 rings (SSSR count). The van der Waals surface area contributed by atoms with Crippen LogP contribution in [0.15, 0.2) is 5.16 Å². The molecule has 0 radical (unpaired) electrons. The van der Waals surface area contributed by atoms with Crippen molar-refractivity contribution in [3.8, 4) is 0 Å².